The van der Waals surface area contributed by atoms with Gasteiger partial charge in [-0.3, -0.25) is 0 Å². The minimum Gasteiger partial charge on any atom is -0.388 e. The van der Waals surface area contributed by atoms with E-state index in [1.807, 2.05) is 0 Å². The largest absolute Gasteiger partial charge is 0.388 e. The van der Waals surface area contributed by atoms with E-state index in [1.165, 1.54) is 12.1 Å². The summed E-state index contributed by atoms with van der Waals surface area (Å²) in [6, 6.07) is 3.76. The Morgan fingerprint density at radius 2 is 2.00 bits per heavy atom. The third kappa shape index (κ3) is 2.37. The maximum atomic E-state index is 13.0. The minimum absolute atomic E-state index is 0.118. The second-order valence-electron chi connectivity index (χ2n) is 4.41. The van der Waals surface area contributed by atoms with Gasteiger partial charge in [-0.25, -0.2) is 4.39 Å². The van der Waals surface area contributed by atoms with Gasteiger partial charge < -0.3 is 20.1 Å². The molecule has 1 saturated heterocycles. The van der Waals surface area contributed by atoms with Crippen LogP contribution >= 0.6 is 11.6 Å². The Bertz CT molecular complexity index is 442. The van der Waals surface area contributed by atoms with E-state index < -0.39 is 36.3 Å². The van der Waals surface area contributed by atoms with Gasteiger partial charge in [-0.2, -0.15) is 0 Å². The number of ether oxygens (including phenoxy) is 1. The van der Waals surface area contributed by atoms with E-state index in [0.29, 0.717) is 5.56 Å². The molecule has 3 N–H and O–H groups in total. The van der Waals surface area contributed by atoms with Gasteiger partial charge in [-0.05, 0) is 24.6 Å². The van der Waals surface area contributed by atoms with Crippen molar-refractivity contribution in [3.63, 3.8) is 0 Å². The molecular formula is C12H14ClFO4. The van der Waals surface area contributed by atoms with E-state index in [9.17, 15) is 19.7 Å². The van der Waals surface area contributed by atoms with E-state index in [2.05, 4.69) is 0 Å². The van der Waals surface area contributed by atoms with Gasteiger partial charge in [0.05, 0.1) is 11.1 Å². The van der Waals surface area contributed by atoms with E-state index in [4.69, 9.17) is 16.3 Å². The lowest BCUT2D eigenvalue weighted by atomic mass is 9.99. The molecule has 1 aromatic carbocycles. The Morgan fingerprint density at radius 3 is 2.50 bits per heavy atom. The highest BCUT2D eigenvalue weighted by Crippen LogP contribution is 2.32. The molecule has 2 rings (SSSR count). The van der Waals surface area contributed by atoms with Gasteiger partial charge in [0, 0.05) is 0 Å². The minimum atomic E-state index is -1.20. The molecule has 1 aromatic rings. The van der Waals surface area contributed by atoms with Gasteiger partial charge in [-0.15, -0.1) is 0 Å². The zero-order valence-electron chi connectivity index (χ0n) is 9.62. The summed E-state index contributed by atoms with van der Waals surface area (Å²) in [6.07, 6.45) is -4.97. The lowest BCUT2D eigenvalue weighted by molar-refractivity contribution is -0.0635. The van der Waals surface area contributed by atoms with Crippen molar-refractivity contribution < 1.29 is 24.4 Å². The topological polar surface area (TPSA) is 69.9 Å². The van der Waals surface area contributed by atoms with Crippen LogP contribution in [0.2, 0.25) is 5.02 Å². The van der Waals surface area contributed by atoms with E-state index in [0.717, 1.165) is 6.07 Å². The zero-order chi connectivity index (χ0) is 13.4. The summed E-state index contributed by atoms with van der Waals surface area (Å²) in [5.41, 5.74) is 0.326. The predicted octanol–water partition coefficient (Wildman–Crippen LogP) is 1.02. The Kier molecular flexibility index (Phi) is 3.89. The first-order valence-electron chi connectivity index (χ1n) is 5.56. The number of rotatable bonds is 2. The quantitative estimate of drug-likeness (QED) is 0.754. The van der Waals surface area contributed by atoms with Crippen LogP contribution in [-0.2, 0) is 4.74 Å². The number of hydrogen-bond acceptors (Lipinski definition) is 4. The molecule has 0 bridgehead atoms. The molecule has 0 aliphatic carbocycles. The molecule has 1 aliphatic rings. The molecule has 0 radical (unpaired) electrons. The Labute approximate surface area is 109 Å². The lowest BCUT2D eigenvalue weighted by Crippen LogP contribution is -2.34. The normalized spacial score (nSPS) is 33.7. The summed E-state index contributed by atoms with van der Waals surface area (Å²) in [5.74, 6) is -0.589. The van der Waals surface area contributed by atoms with Crippen LogP contribution in [0, 0.1) is 5.82 Å². The van der Waals surface area contributed by atoms with Crippen molar-refractivity contribution in [1.82, 2.24) is 0 Å². The van der Waals surface area contributed by atoms with Crippen LogP contribution in [0.15, 0.2) is 18.2 Å². The molecule has 1 fully saturated rings. The number of aliphatic hydroxyl groups is 3. The molecule has 100 valence electrons. The zero-order valence-corrected chi connectivity index (χ0v) is 10.4. The highest BCUT2D eigenvalue weighted by atomic mass is 35.5. The fourth-order valence-electron chi connectivity index (χ4n) is 2.03. The Balaban J connectivity index is 2.21. The highest BCUT2D eigenvalue weighted by Gasteiger charge is 2.44. The summed E-state index contributed by atoms with van der Waals surface area (Å²) >= 11 is 5.62. The molecule has 6 heteroatoms. The van der Waals surface area contributed by atoms with Crippen LogP contribution in [0.1, 0.15) is 18.6 Å². The summed E-state index contributed by atoms with van der Waals surface area (Å²) in [4.78, 5) is 0. The monoisotopic (exact) mass is 276 g/mol. The summed E-state index contributed by atoms with van der Waals surface area (Å²) in [6.45, 7) is 1.60. The third-order valence-corrected chi connectivity index (χ3v) is 3.43. The predicted molar refractivity (Wildman–Crippen MR) is 62.7 cm³/mol. The molecule has 0 amide bonds. The summed E-state index contributed by atoms with van der Waals surface area (Å²) in [5, 5.41) is 29.2. The molecule has 0 aromatic heterocycles. The van der Waals surface area contributed by atoms with Crippen molar-refractivity contribution in [2.75, 3.05) is 0 Å². The molecular weight excluding hydrogens is 263 g/mol. The van der Waals surface area contributed by atoms with E-state index >= 15 is 0 Å². The smallest absolute Gasteiger partial charge is 0.141 e. The maximum Gasteiger partial charge on any atom is 0.141 e. The van der Waals surface area contributed by atoms with Gasteiger partial charge in [0.1, 0.15) is 30.2 Å². The average molecular weight is 277 g/mol. The molecule has 1 heterocycles. The van der Waals surface area contributed by atoms with Gasteiger partial charge in [0.2, 0.25) is 0 Å². The second kappa shape index (κ2) is 5.11. The van der Waals surface area contributed by atoms with Crippen molar-refractivity contribution >= 4 is 11.6 Å². The molecule has 0 unspecified atom stereocenters. The molecule has 0 spiro atoms. The first-order chi connectivity index (χ1) is 8.41. The van der Waals surface area contributed by atoms with Crippen molar-refractivity contribution in [2.45, 2.75) is 37.4 Å². The summed E-state index contributed by atoms with van der Waals surface area (Å²) in [7, 11) is 0. The van der Waals surface area contributed by atoms with Crippen molar-refractivity contribution in [2.24, 2.45) is 0 Å². The van der Waals surface area contributed by atoms with Gasteiger partial charge >= 0.3 is 0 Å². The second-order valence-corrected chi connectivity index (χ2v) is 4.81. The number of aliphatic hydroxyl groups excluding tert-OH is 3. The van der Waals surface area contributed by atoms with Crippen LogP contribution in [0.5, 0.6) is 0 Å². The molecule has 4 nitrogen and oxygen atoms in total. The van der Waals surface area contributed by atoms with Crippen LogP contribution in [-0.4, -0.2) is 39.7 Å². The average Bonchev–Trinajstić information content (AvgIpc) is 2.60. The Hall–Kier alpha value is -0.720. The van der Waals surface area contributed by atoms with Gasteiger partial charge in [0.15, 0.2) is 0 Å². The van der Waals surface area contributed by atoms with Gasteiger partial charge in [0.25, 0.3) is 0 Å². The number of halogens is 2. The van der Waals surface area contributed by atoms with Crippen molar-refractivity contribution in [1.29, 1.82) is 0 Å². The fourth-order valence-corrected chi connectivity index (χ4v) is 2.22. The lowest BCUT2D eigenvalue weighted by Gasteiger charge is -2.21. The van der Waals surface area contributed by atoms with Gasteiger partial charge in [-0.1, -0.05) is 17.7 Å². The van der Waals surface area contributed by atoms with Crippen LogP contribution in [0.4, 0.5) is 4.39 Å². The molecule has 0 saturated carbocycles. The maximum absolute atomic E-state index is 13.0. The van der Waals surface area contributed by atoms with E-state index in [-0.39, 0.29) is 5.02 Å². The SMILES string of the molecule is C[C@@H]1O[C@H]([C@H](O)c2ccc(F)c(Cl)c2)[C@@H](O)[C@H]1O. The first-order valence-corrected chi connectivity index (χ1v) is 5.94. The third-order valence-electron chi connectivity index (χ3n) is 3.14. The standard InChI is InChI=1S/C12H14ClFO4/c1-5-9(15)11(17)12(18-5)10(16)6-2-3-8(14)7(13)4-6/h2-5,9-12,15-17H,1H3/t5-,9-,10+,11-,12+/m0/s1. The highest BCUT2D eigenvalue weighted by molar-refractivity contribution is 6.30. The van der Waals surface area contributed by atoms with Crippen LogP contribution in [0.25, 0.3) is 0 Å². The van der Waals surface area contributed by atoms with E-state index in [1.54, 1.807) is 6.92 Å². The molecule has 18 heavy (non-hydrogen) atoms. The first kappa shape index (κ1) is 13.7. The van der Waals surface area contributed by atoms with Crippen molar-refractivity contribution in [3.05, 3.63) is 34.6 Å². The Morgan fingerprint density at radius 1 is 1.33 bits per heavy atom. The summed E-state index contributed by atoms with van der Waals surface area (Å²) < 4.78 is 18.3. The number of hydrogen-bond donors (Lipinski definition) is 3. The number of benzene rings is 1. The van der Waals surface area contributed by atoms with Crippen molar-refractivity contribution in [3.8, 4) is 0 Å². The van der Waals surface area contributed by atoms with Crippen LogP contribution < -0.4 is 0 Å². The molecule has 1 aliphatic heterocycles. The fraction of sp³-hybridized carbons (Fsp3) is 0.500. The van der Waals surface area contributed by atoms with Crippen LogP contribution in [0.3, 0.4) is 0 Å². The molecule has 5 atom stereocenters.